The number of hydrogen-bond donors (Lipinski definition) is 1. The topological polar surface area (TPSA) is 67.8 Å². The van der Waals surface area contributed by atoms with E-state index in [2.05, 4.69) is 69.0 Å². The van der Waals surface area contributed by atoms with Gasteiger partial charge in [-0.2, -0.15) is 0 Å². The second-order valence-corrected chi connectivity index (χ2v) is 12.8. The molecule has 41 heavy (non-hydrogen) atoms. The van der Waals surface area contributed by atoms with Crippen LogP contribution in [0.5, 0.6) is 0 Å². The molecule has 0 unspecified atom stereocenters. The fourth-order valence-corrected chi connectivity index (χ4v) is 6.96. The Kier molecular flexibility index (Phi) is 7.75. The lowest BCUT2D eigenvalue weighted by molar-refractivity contribution is 0.313. The van der Waals surface area contributed by atoms with Crippen molar-refractivity contribution in [3.05, 3.63) is 91.3 Å². The van der Waals surface area contributed by atoms with Crippen LogP contribution in [0.25, 0.3) is 21.8 Å². The van der Waals surface area contributed by atoms with Gasteiger partial charge in [-0.3, -0.25) is 0 Å². The summed E-state index contributed by atoms with van der Waals surface area (Å²) < 4.78 is 27.1. The number of nitrogens with one attached hydrogen (secondary N) is 1. The van der Waals surface area contributed by atoms with E-state index in [4.69, 9.17) is 0 Å². The standard InChI is InChI=1S/C19H21N3O2S.C13H17N3/c1-20-11-13-21(14-12-20)17-7-8-19-16(15-17)9-10-22(19)25(23,24)18-5-3-2-4-6-18;1-15-6-8-16(9-7-15)12-2-3-13-11(10-12)4-5-14-13/h2-10,15H,11-14H2,1H3;2-5,10,14H,6-9H2,1H3. The number of hydrogen-bond acceptors (Lipinski definition) is 6. The van der Waals surface area contributed by atoms with Crippen molar-refractivity contribution in [2.24, 2.45) is 0 Å². The van der Waals surface area contributed by atoms with Gasteiger partial charge >= 0.3 is 0 Å². The molecule has 2 aliphatic heterocycles. The van der Waals surface area contributed by atoms with Gasteiger partial charge in [0, 0.05) is 92.4 Å². The van der Waals surface area contributed by atoms with Gasteiger partial charge in [0.25, 0.3) is 10.0 Å². The minimum atomic E-state index is -3.57. The maximum Gasteiger partial charge on any atom is 0.268 e. The zero-order valence-corrected chi connectivity index (χ0v) is 24.6. The fraction of sp³-hybridized carbons (Fsp3) is 0.312. The van der Waals surface area contributed by atoms with E-state index in [1.54, 1.807) is 30.5 Å². The van der Waals surface area contributed by atoms with Gasteiger partial charge in [0.2, 0.25) is 0 Å². The van der Waals surface area contributed by atoms with E-state index in [0.29, 0.717) is 10.4 Å². The highest BCUT2D eigenvalue weighted by molar-refractivity contribution is 7.90. The number of fused-ring (bicyclic) bond motifs is 2. The van der Waals surface area contributed by atoms with Crippen molar-refractivity contribution in [3.63, 3.8) is 0 Å². The molecule has 5 aromatic rings. The molecule has 0 amide bonds. The summed E-state index contributed by atoms with van der Waals surface area (Å²) in [6.45, 7) is 8.65. The summed E-state index contributed by atoms with van der Waals surface area (Å²) in [5.74, 6) is 0. The molecule has 8 nitrogen and oxygen atoms in total. The van der Waals surface area contributed by atoms with Crippen LogP contribution in [0, 0.1) is 0 Å². The van der Waals surface area contributed by atoms with Crippen molar-refractivity contribution in [3.8, 4) is 0 Å². The largest absolute Gasteiger partial charge is 0.369 e. The Morgan fingerprint density at radius 3 is 1.85 bits per heavy atom. The summed E-state index contributed by atoms with van der Waals surface area (Å²) in [5, 5.41) is 2.24. The molecule has 0 aliphatic carbocycles. The quantitative estimate of drug-likeness (QED) is 0.342. The average molecular weight is 571 g/mol. The molecule has 2 saturated heterocycles. The van der Waals surface area contributed by atoms with E-state index in [1.165, 1.54) is 20.6 Å². The van der Waals surface area contributed by atoms with Crippen LogP contribution in [-0.2, 0) is 10.0 Å². The first-order valence-electron chi connectivity index (χ1n) is 14.2. The second-order valence-electron chi connectivity index (χ2n) is 11.0. The average Bonchev–Trinajstić information content (AvgIpc) is 3.66. The molecule has 1 N–H and O–H groups in total. The van der Waals surface area contributed by atoms with E-state index >= 15 is 0 Å². The summed E-state index contributed by atoms with van der Waals surface area (Å²) in [7, 11) is 0.750. The Hall–Kier alpha value is -3.79. The Morgan fingerprint density at radius 1 is 0.634 bits per heavy atom. The molecule has 0 saturated carbocycles. The summed E-state index contributed by atoms with van der Waals surface area (Å²) in [6, 6.07) is 25.2. The van der Waals surface area contributed by atoms with Gasteiger partial charge < -0.3 is 24.6 Å². The summed E-state index contributed by atoms with van der Waals surface area (Å²) >= 11 is 0. The number of aromatic amines is 1. The van der Waals surface area contributed by atoms with Crippen LogP contribution in [0.3, 0.4) is 0 Å². The molecule has 3 aromatic carbocycles. The van der Waals surface area contributed by atoms with E-state index in [1.807, 2.05) is 30.5 Å². The van der Waals surface area contributed by atoms with Crippen molar-refractivity contribution in [1.82, 2.24) is 18.8 Å². The van der Waals surface area contributed by atoms with Crippen LogP contribution in [0.1, 0.15) is 0 Å². The van der Waals surface area contributed by atoms with Gasteiger partial charge in [-0.1, -0.05) is 18.2 Å². The first kappa shape index (κ1) is 27.4. The molecule has 2 fully saturated rings. The SMILES string of the molecule is CN1CCN(c2ccc3[nH]ccc3c2)CC1.CN1CCN(c2ccc3c(ccn3S(=O)(=O)c3ccccc3)c2)CC1. The molecule has 7 rings (SSSR count). The molecule has 2 aliphatic rings. The van der Waals surface area contributed by atoms with Crippen LogP contribution >= 0.6 is 0 Å². The van der Waals surface area contributed by atoms with Crippen molar-refractivity contribution < 1.29 is 8.42 Å². The molecule has 214 valence electrons. The number of aromatic nitrogens is 2. The first-order valence-corrected chi connectivity index (χ1v) is 15.7. The van der Waals surface area contributed by atoms with Crippen molar-refractivity contribution >= 4 is 43.2 Å². The highest BCUT2D eigenvalue weighted by Gasteiger charge is 2.20. The molecule has 2 aromatic heterocycles. The highest BCUT2D eigenvalue weighted by atomic mass is 32.2. The van der Waals surface area contributed by atoms with Gasteiger partial charge in [0.05, 0.1) is 10.4 Å². The van der Waals surface area contributed by atoms with Gasteiger partial charge in [-0.15, -0.1) is 0 Å². The number of likely N-dealkylation sites (N-methyl/N-ethyl adjacent to an activating group) is 2. The number of piperazine rings is 2. The normalized spacial score (nSPS) is 17.1. The molecule has 0 bridgehead atoms. The second kappa shape index (κ2) is 11.6. The first-order chi connectivity index (χ1) is 19.9. The lowest BCUT2D eigenvalue weighted by Crippen LogP contribution is -2.44. The zero-order valence-electron chi connectivity index (χ0n) is 23.8. The Balaban J connectivity index is 0.000000162. The van der Waals surface area contributed by atoms with Crippen LogP contribution < -0.4 is 9.80 Å². The Bertz CT molecular complexity index is 1710. The third-order valence-electron chi connectivity index (χ3n) is 8.21. The van der Waals surface area contributed by atoms with Gasteiger partial charge in [0.1, 0.15) is 0 Å². The van der Waals surface area contributed by atoms with Crippen LogP contribution in [0.4, 0.5) is 11.4 Å². The summed E-state index contributed by atoms with van der Waals surface area (Å²) in [4.78, 5) is 13.0. The Labute approximate surface area is 242 Å². The lowest BCUT2D eigenvalue weighted by atomic mass is 10.2. The molecule has 4 heterocycles. The smallest absolute Gasteiger partial charge is 0.268 e. The van der Waals surface area contributed by atoms with E-state index in [9.17, 15) is 8.42 Å². The molecule has 0 radical (unpaired) electrons. The molecule has 0 atom stereocenters. The third kappa shape index (κ3) is 5.84. The predicted molar refractivity (Wildman–Crippen MR) is 169 cm³/mol. The number of rotatable bonds is 4. The van der Waals surface area contributed by atoms with E-state index < -0.39 is 10.0 Å². The maximum atomic E-state index is 12.9. The van der Waals surface area contributed by atoms with E-state index in [-0.39, 0.29) is 0 Å². The molecular formula is C32H38N6O2S. The Morgan fingerprint density at radius 2 is 1.22 bits per heavy atom. The number of H-pyrrole nitrogens is 1. The van der Waals surface area contributed by atoms with E-state index in [0.717, 1.165) is 63.4 Å². The monoisotopic (exact) mass is 570 g/mol. The third-order valence-corrected chi connectivity index (χ3v) is 9.92. The molecule has 9 heteroatoms. The summed E-state index contributed by atoms with van der Waals surface area (Å²) in [5.41, 5.74) is 4.43. The number of anilines is 2. The van der Waals surface area contributed by atoms with Gasteiger partial charge in [-0.05, 0) is 74.8 Å². The maximum absolute atomic E-state index is 12.9. The fourth-order valence-electron chi connectivity index (χ4n) is 5.58. The molecule has 0 spiro atoms. The van der Waals surface area contributed by atoms with Gasteiger partial charge in [-0.25, -0.2) is 12.4 Å². The number of nitrogens with zero attached hydrogens (tertiary/aromatic N) is 5. The zero-order chi connectivity index (χ0) is 28.4. The highest BCUT2D eigenvalue weighted by Crippen LogP contribution is 2.27. The van der Waals surface area contributed by atoms with Crippen molar-refractivity contribution in [2.45, 2.75) is 4.90 Å². The lowest BCUT2D eigenvalue weighted by Gasteiger charge is -2.34. The predicted octanol–water partition coefficient (Wildman–Crippen LogP) is 4.55. The molecular weight excluding hydrogens is 532 g/mol. The van der Waals surface area contributed by atoms with Crippen LogP contribution in [0.2, 0.25) is 0 Å². The minimum absolute atomic E-state index is 0.302. The van der Waals surface area contributed by atoms with Gasteiger partial charge in [0.15, 0.2) is 0 Å². The van der Waals surface area contributed by atoms with Crippen LogP contribution in [0.15, 0.2) is 96.2 Å². The van der Waals surface area contributed by atoms with Crippen LogP contribution in [-0.4, -0.2) is 93.6 Å². The summed E-state index contributed by atoms with van der Waals surface area (Å²) in [6.07, 6.45) is 3.64. The van der Waals surface area contributed by atoms with Crippen molar-refractivity contribution in [1.29, 1.82) is 0 Å². The minimum Gasteiger partial charge on any atom is -0.369 e. The van der Waals surface area contributed by atoms with Crippen molar-refractivity contribution in [2.75, 3.05) is 76.3 Å². The number of benzene rings is 3.